The van der Waals surface area contributed by atoms with Crippen LogP contribution in [0.1, 0.15) is 18.1 Å². The minimum atomic E-state index is -0.902. The Labute approximate surface area is 77.5 Å². The van der Waals surface area contributed by atoms with Gasteiger partial charge in [0.2, 0.25) is 0 Å². The van der Waals surface area contributed by atoms with Crippen LogP contribution in [0.4, 0.5) is 0 Å². The number of rotatable bonds is 2. The highest BCUT2D eigenvalue weighted by molar-refractivity contribution is 5.89. The highest BCUT2D eigenvalue weighted by atomic mass is 16.4. The van der Waals surface area contributed by atoms with Gasteiger partial charge in [-0.3, -0.25) is 0 Å². The summed E-state index contributed by atoms with van der Waals surface area (Å²) in [6.45, 7) is 3.77. The molecule has 68 valence electrons. The lowest BCUT2D eigenvalue weighted by atomic mass is 10.0. The molecule has 0 saturated heterocycles. The third kappa shape index (κ3) is 2.44. The average molecular weight is 176 g/mol. The van der Waals surface area contributed by atoms with Gasteiger partial charge in [-0.05, 0) is 30.5 Å². The summed E-state index contributed by atoms with van der Waals surface area (Å²) in [6.07, 6.45) is 1.22. The maximum Gasteiger partial charge on any atom is 0.328 e. The largest absolute Gasteiger partial charge is 0.478 e. The summed E-state index contributed by atoms with van der Waals surface area (Å²) in [6, 6.07) is 7.73. The maximum atomic E-state index is 10.4. The van der Waals surface area contributed by atoms with Gasteiger partial charge in [0, 0.05) is 6.08 Å². The van der Waals surface area contributed by atoms with Gasteiger partial charge in [0.1, 0.15) is 0 Å². The van der Waals surface area contributed by atoms with Crippen molar-refractivity contribution in [1.82, 2.24) is 0 Å². The van der Waals surface area contributed by atoms with E-state index in [-0.39, 0.29) is 0 Å². The lowest BCUT2D eigenvalue weighted by Crippen LogP contribution is -1.91. The molecule has 0 unspecified atom stereocenters. The molecule has 0 spiro atoms. The average Bonchev–Trinajstić information content (AvgIpc) is 2.03. The second-order valence-corrected chi connectivity index (χ2v) is 2.98. The van der Waals surface area contributed by atoms with E-state index in [0.717, 1.165) is 16.7 Å². The van der Waals surface area contributed by atoms with E-state index in [2.05, 4.69) is 0 Å². The molecule has 1 aromatic rings. The number of carboxylic acid groups (broad SMARTS) is 1. The summed E-state index contributed by atoms with van der Waals surface area (Å²) in [5, 5.41) is 8.56. The first-order valence-electron chi connectivity index (χ1n) is 4.08. The first-order chi connectivity index (χ1) is 6.11. The second-order valence-electron chi connectivity index (χ2n) is 2.98. The summed E-state index contributed by atoms with van der Waals surface area (Å²) in [5.74, 6) is -0.902. The fourth-order valence-corrected chi connectivity index (χ4v) is 1.28. The quantitative estimate of drug-likeness (QED) is 0.703. The highest BCUT2D eigenvalue weighted by Crippen LogP contribution is 2.17. The zero-order chi connectivity index (χ0) is 9.84. The van der Waals surface area contributed by atoms with Crippen LogP contribution in [0.3, 0.4) is 0 Å². The molecule has 1 aromatic carbocycles. The van der Waals surface area contributed by atoms with Crippen LogP contribution in [0.25, 0.3) is 5.57 Å². The summed E-state index contributed by atoms with van der Waals surface area (Å²) < 4.78 is 0. The topological polar surface area (TPSA) is 37.3 Å². The molecule has 0 heterocycles. The van der Waals surface area contributed by atoms with Gasteiger partial charge in [-0.15, -0.1) is 0 Å². The van der Waals surface area contributed by atoms with Crippen molar-refractivity contribution in [3.8, 4) is 0 Å². The molecule has 0 bridgehead atoms. The van der Waals surface area contributed by atoms with Gasteiger partial charge in [-0.2, -0.15) is 0 Å². The van der Waals surface area contributed by atoms with Crippen LogP contribution in [0.2, 0.25) is 0 Å². The summed E-state index contributed by atoms with van der Waals surface area (Å²) in [7, 11) is 0. The predicted molar refractivity (Wildman–Crippen MR) is 52.5 cm³/mol. The number of hydrogen-bond acceptors (Lipinski definition) is 1. The molecular weight excluding hydrogens is 164 g/mol. The van der Waals surface area contributed by atoms with Crippen molar-refractivity contribution < 1.29 is 9.90 Å². The third-order valence-electron chi connectivity index (χ3n) is 1.91. The van der Waals surface area contributed by atoms with E-state index in [4.69, 9.17) is 5.11 Å². The van der Waals surface area contributed by atoms with E-state index >= 15 is 0 Å². The Balaban J connectivity index is 3.08. The number of benzene rings is 1. The second kappa shape index (κ2) is 3.90. The first-order valence-corrected chi connectivity index (χ1v) is 4.08. The van der Waals surface area contributed by atoms with Gasteiger partial charge in [-0.25, -0.2) is 4.79 Å². The number of hydrogen-bond donors (Lipinski definition) is 1. The molecule has 0 aliphatic carbocycles. The Morgan fingerprint density at radius 2 is 2.00 bits per heavy atom. The van der Waals surface area contributed by atoms with Gasteiger partial charge in [0.15, 0.2) is 0 Å². The lowest BCUT2D eigenvalue weighted by Gasteiger charge is -2.03. The minimum Gasteiger partial charge on any atom is -0.478 e. The third-order valence-corrected chi connectivity index (χ3v) is 1.91. The maximum absolute atomic E-state index is 10.4. The number of carboxylic acids is 1. The fraction of sp³-hybridized carbons (Fsp3) is 0.182. The van der Waals surface area contributed by atoms with Crippen molar-refractivity contribution in [2.24, 2.45) is 0 Å². The predicted octanol–water partition coefficient (Wildman–Crippen LogP) is 2.48. The van der Waals surface area contributed by atoms with Crippen molar-refractivity contribution in [2.45, 2.75) is 13.8 Å². The zero-order valence-corrected chi connectivity index (χ0v) is 7.74. The normalized spacial score (nSPS) is 11.4. The van der Waals surface area contributed by atoms with Crippen LogP contribution in [0.15, 0.2) is 30.3 Å². The van der Waals surface area contributed by atoms with E-state index < -0.39 is 5.97 Å². The number of aliphatic carboxylic acids is 1. The molecule has 0 fully saturated rings. The van der Waals surface area contributed by atoms with Crippen molar-refractivity contribution in [3.05, 3.63) is 41.5 Å². The fourth-order valence-electron chi connectivity index (χ4n) is 1.28. The van der Waals surface area contributed by atoms with Crippen LogP contribution in [-0.4, -0.2) is 11.1 Å². The molecule has 1 rings (SSSR count). The van der Waals surface area contributed by atoms with Gasteiger partial charge < -0.3 is 5.11 Å². The standard InChI is InChI=1S/C11H12O2/c1-8-5-3-4-6-10(8)9(2)7-11(12)13/h3-7H,1-2H3,(H,12,13)/b9-7-. The van der Waals surface area contributed by atoms with E-state index in [1.54, 1.807) is 6.92 Å². The molecule has 0 aromatic heterocycles. The van der Waals surface area contributed by atoms with E-state index in [9.17, 15) is 4.79 Å². The van der Waals surface area contributed by atoms with E-state index in [1.165, 1.54) is 6.08 Å². The van der Waals surface area contributed by atoms with Crippen molar-refractivity contribution in [2.75, 3.05) is 0 Å². The van der Waals surface area contributed by atoms with E-state index in [0.29, 0.717) is 0 Å². The van der Waals surface area contributed by atoms with Gasteiger partial charge >= 0.3 is 5.97 Å². The van der Waals surface area contributed by atoms with Gasteiger partial charge in [-0.1, -0.05) is 24.3 Å². The van der Waals surface area contributed by atoms with Crippen LogP contribution >= 0.6 is 0 Å². The van der Waals surface area contributed by atoms with Gasteiger partial charge in [0.05, 0.1) is 0 Å². The number of allylic oxidation sites excluding steroid dienone is 1. The Morgan fingerprint density at radius 3 is 2.54 bits per heavy atom. The lowest BCUT2D eigenvalue weighted by molar-refractivity contribution is -0.131. The van der Waals surface area contributed by atoms with Crippen LogP contribution < -0.4 is 0 Å². The monoisotopic (exact) mass is 176 g/mol. The highest BCUT2D eigenvalue weighted by Gasteiger charge is 2.00. The molecular formula is C11H12O2. The van der Waals surface area contributed by atoms with Crippen molar-refractivity contribution >= 4 is 11.5 Å². The molecule has 0 radical (unpaired) electrons. The molecule has 13 heavy (non-hydrogen) atoms. The first kappa shape index (κ1) is 9.52. The molecule has 1 N–H and O–H groups in total. The van der Waals surface area contributed by atoms with Crippen molar-refractivity contribution in [1.29, 1.82) is 0 Å². The molecule has 0 aliphatic heterocycles. The number of aryl methyl sites for hydroxylation is 1. The Bertz CT molecular complexity index is 351. The van der Waals surface area contributed by atoms with Crippen LogP contribution in [0, 0.1) is 6.92 Å². The molecule has 0 atom stereocenters. The SMILES string of the molecule is C/C(=C/C(=O)O)c1ccccc1C. The van der Waals surface area contributed by atoms with Crippen molar-refractivity contribution in [3.63, 3.8) is 0 Å². The summed E-state index contributed by atoms with van der Waals surface area (Å²) in [5.41, 5.74) is 2.87. The minimum absolute atomic E-state index is 0.783. The molecule has 2 nitrogen and oxygen atoms in total. The molecule has 0 amide bonds. The van der Waals surface area contributed by atoms with Crippen LogP contribution in [-0.2, 0) is 4.79 Å². The molecule has 0 saturated carbocycles. The van der Waals surface area contributed by atoms with Crippen LogP contribution in [0.5, 0.6) is 0 Å². The number of carbonyl (C=O) groups is 1. The smallest absolute Gasteiger partial charge is 0.328 e. The van der Waals surface area contributed by atoms with Gasteiger partial charge in [0.25, 0.3) is 0 Å². The Morgan fingerprint density at radius 1 is 1.38 bits per heavy atom. The molecule has 2 heteroatoms. The zero-order valence-electron chi connectivity index (χ0n) is 7.74. The Hall–Kier alpha value is -1.57. The summed E-state index contributed by atoms with van der Waals surface area (Å²) in [4.78, 5) is 10.4. The summed E-state index contributed by atoms with van der Waals surface area (Å²) >= 11 is 0. The van der Waals surface area contributed by atoms with E-state index in [1.807, 2.05) is 31.2 Å². The molecule has 0 aliphatic rings. The Kier molecular flexibility index (Phi) is 2.85.